The van der Waals surface area contributed by atoms with Gasteiger partial charge < -0.3 is 4.74 Å². The highest BCUT2D eigenvalue weighted by Gasteiger charge is 2.27. The number of nitrogens with one attached hydrogen (secondary N) is 1. The molecule has 172 valence electrons. The fourth-order valence-corrected chi connectivity index (χ4v) is 5.97. The van der Waals surface area contributed by atoms with Crippen molar-refractivity contribution in [1.82, 2.24) is 24.9 Å². The van der Waals surface area contributed by atoms with Gasteiger partial charge in [0, 0.05) is 10.4 Å². The van der Waals surface area contributed by atoms with E-state index in [1.165, 1.54) is 22.5 Å². The zero-order valence-electron chi connectivity index (χ0n) is 18.3. The van der Waals surface area contributed by atoms with Crippen LogP contribution in [0.5, 0.6) is 0 Å². The number of carbonyl (C=O) groups is 1. The van der Waals surface area contributed by atoms with Gasteiger partial charge in [0.15, 0.2) is 6.33 Å². The average Bonchev–Trinajstić information content (AvgIpc) is 3.38. The Hall–Kier alpha value is -2.79. The van der Waals surface area contributed by atoms with Crippen molar-refractivity contribution in [3.63, 3.8) is 0 Å². The number of carbonyl (C=O) groups excluding carboxylic acids is 1. The highest BCUT2D eigenvalue weighted by molar-refractivity contribution is 7.92. The third-order valence-electron chi connectivity index (χ3n) is 4.56. The summed E-state index contributed by atoms with van der Waals surface area (Å²) in [6, 6.07) is 9.34. The van der Waals surface area contributed by atoms with Crippen molar-refractivity contribution < 1.29 is 17.9 Å². The molecule has 0 aliphatic rings. The zero-order valence-corrected chi connectivity index (χ0v) is 19.9. The molecule has 0 unspecified atom stereocenters. The lowest BCUT2D eigenvalue weighted by Crippen LogP contribution is -2.31. The van der Waals surface area contributed by atoms with Crippen LogP contribution < -0.4 is 4.72 Å². The summed E-state index contributed by atoms with van der Waals surface area (Å²) in [6.45, 7) is 6.60. The van der Waals surface area contributed by atoms with Gasteiger partial charge in [-0.2, -0.15) is 4.80 Å². The van der Waals surface area contributed by atoms with Crippen molar-refractivity contribution in [2.45, 2.75) is 50.8 Å². The highest BCUT2D eigenvalue weighted by atomic mass is 32.2. The van der Waals surface area contributed by atoms with Gasteiger partial charge in [0.1, 0.15) is 4.21 Å². The molecule has 9 nitrogen and oxygen atoms in total. The lowest BCUT2D eigenvalue weighted by molar-refractivity contribution is 0.151. The Morgan fingerprint density at radius 1 is 1.25 bits per heavy atom. The first-order chi connectivity index (χ1) is 15.3. The van der Waals surface area contributed by atoms with Gasteiger partial charge in [-0.05, 0) is 41.2 Å². The van der Waals surface area contributed by atoms with Crippen molar-refractivity contribution >= 4 is 27.5 Å². The second-order valence-corrected chi connectivity index (χ2v) is 10.7. The molecule has 1 N–H and O–H groups in total. The number of amides is 1. The summed E-state index contributed by atoms with van der Waals surface area (Å²) in [6.07, 6.45) is 2.60. The number of benzene rings is 1. The Morgan fingerprint density at radius 2 is 2.03 bits per heavy atom. The monoisotopic (exact) mass is 477 g/mol. The van der Waals surface area contributed by atoms with Crippen LogP contribution in [0.1, 0.15) is 44.1 Å². The SMILES string of the molecule is CCCCOC(=O)NS(=O)(=O)c1sc(CC(C)C)cc1-c1ccccc1Cn1ncnn1. The van der Waals surface area contributed by atoms with Crippen LogP contribution >= 0.6 is 11.3 Å². The van der Waals surface area contributed by atoms with E-state index in [-0.39, 0.29) is 10.8 Å². The zero-order chi connectivity index (χ0) is 23.1. The van der Waals surface area contributed by atoms with Gasteiger partial charge >= 0.3 is 6.09 Å². The van der Waals surface area contributed by atoms with E-state index < -0.39 is 16.1 Å². The molecule has 3 aromatic rings. The molecule has 0 bridgehead atoms. The molecular weight excluding hydrogens is 450 g/mol. The van der Waals surface area contributed by atoms with Crippen molar-refractivity contribution in [3.8, 4) is 11.1 Å². The van der Waals surface area contributed by atoms with Crippen LogP contribution in [0.2, 0.25) is 0 Å². The van der Waals surface area contributed by atoms with Crippen LogP contribution in [0.4, 0.5) is 4.79 Å². The van der Waals surface area contributed by atoms with Crippen LogP contribution in [-0.4, -0.2) is 41.3 Å². The Balaban J connectivity index is 2.00. The van der Waals surface area contributed by atoms with E-state index in [0.717, 1.165) is 28.8 Å². The quantitative estimate of drug-likeness (QED) is 0.441. The molecule has 0 aliphatic heterocycles. The van der Waals surface area contributed by atoms with Crippen LogP contribution in [0.15, 0.2) is 40.9 Å². The molecule has 0 radical (unpaired) electrons. The largest absolute Gasteiger partial charge is 0.449 e. The minimum Gasteiger partial charge on any atom is -0.449 e. The van der Waals surface area contributed by atoms with Crippen LogP contribution in [-0.2, 0) is 27.7 Å². The predicted octanol–water partition coefficient (Wildman–Crippen LogP) is 3.86. The molecule has 0 aliphatic carbocycles. The second kappa shape index (κ2) is 10.7. The van der Waals surface area contributed by atoms with Gasteiger partial charge in [0.05, 0.1) is 13.2 Å². The molecule has 0 fully saturated rings. The molecule has 0 atom stereocenters. The van der Waals surface area contributed by atoms with Crippen molar-refractivity contribution in [3.05, 3.63) is 47.1 Å². The third kappa shape index (κ3) is 6.13. The summed E-state index contributed by atoms with van der Waals surface area (Å²) < 4.78 is 33.4. The third-order valence-corrected chi connectivity index (χ3v) is 7.57. The number of rotatable bonds is 10. The van der Waals surface area contributed by atoms with Gasteiger partial charge in [-0.3, -0.25) is 0 Å². The van der Waals surface area contributed by atoms with Gasteiger partial charge in [-0.1, -0.05) is 51.5 Å². The van der Waals surface area contributed by atoms with Gasteiger partial charge in [0.2, 0.25) is 0 Å². The standard InChI is InChI=1S/C21H27N5O4S2/c1-4-5-10-30-21(27)24-32(28,29)20-19(12-17(31-20)11-15(2)3)18-9-7-6-8-16(18)13-26-23-14-22-25-26/h6-9,12,14-15H,4-5,10-11,13H2,1-3H3,(H,24,27). The molecule has 1 aromatic carbocycles. The van der Waals surface area contributed by atoms with E-state index in [4.69, 9.17) is 4.74 Å². The molecule has 32 heavy (non-hydrogen) atoms. The Kier molecular flexibility index (Phi) is 7.97. The molecule has 0 spiro atoms. The minimum atomic E-state index is -4.13. The Morgan fingerprint density at radius 3 is 2.72 bits per heavy atom. The molecular formula is C21H27N5O4S2. The number of aromatic nitrogens is 4. The smallest absolute Gasteiger partial charge is 0.421 e. The fraction of sp³-hybridized carbons (Fsp3) is 0.429. The maximum atomic E-state index is 13.2. The molecule has 11 heteroatoms. The summed E-state index contributed by atoms with van der Waals surface area (Å²) in [5.41, 5.74) is 2.10. The molecule has 2 heterocycles. The molecule has 0 saturated heterocycles. The van der Waals surface area contributed by atoms with Crippen LogP contribution in [0, 0.1) is 5.92 Å². The first-order valence-corrected chi connectivity index (χ1v) is 12.7. The number of unbranched alkanes of at least 4 members (excludes halogenated alkanes) is 1. The van der Waals surface area contributed by atoms with E-state index in [9.17, 15) is 13.2 Å². The van der Waals surface area contributed by atoms with E-state index >= 15 is 0 Å². The van der Waals surface area contributed by atoms with E-state index in [0.29, 0.717) is 24.4 Å². The fourth-order valence-electron chi connectivity index (χ4n) is 3.14. The Labute approximate surface area is 191 Å². The maximum Gasteiger partial charge on any atom is 0.421 e. The molecule has 0 saturated carbocycles. The lowest BCUT2D eigenvalue weighted by Gasteiger charge is -2.11. The molecule has 1 amide bonds. The van der Waals surface area contributed by atoms with E-state index in [1.807, 2.05) is 37.3 Å². The number of hydrogen-bond acceptors (Lipinski definition) is 8. The van der Waals surface area contributed by atoms with Gasteiger partial charge in [0.25, 0.3) is 10.0 Å². The average molecular weight is 478 g/mol. The number of sulfonamides is 1. The van der Waals surface area contributed by atoms with Crippen molar-refractivity contribution in [2.75, 3.05) is 6.61 Å². The number of tetrazole rings is 1. The number of thiophene rings is 1. The normalized spacial score (nSPS) is 11.6. The summed E-state index contributed by atoms with van der Waals surface area (Å²) >= 11 is 1.17. The van der Waals surface area contributed by atoms with Crippen LogP contribution in [0.25, 0.3) is 11.1 Å². The van der Waals surface area contributed by atoms with Crippen LogP contribution in [0.3, 0.4) is 0 Å². The summed E-state index contributed by atoms with van der Waals surface area (Å²) in [7, 11) is -4.13. The number of ether oxygens (including phenoxy) is 1. The first kappa shape index (κ1) is 23.9. The van der Waals surface area contributed by atoms with Crippen molar-refractivity contribution in [2.24, 2.45) is 5.92 Å². The van der Waals surface area contributed by atoms with Gasteiger partial charge in [-0.15, -0.1) is 21.5 Å². The summed E-state index contributed by atoms with van der Waals surface area (Å²) in [4.78, 5) is 14.4. The number of hydrogen-bond donors (Lipinski definition) is 1. The summed E-state index contributed by atoms with van der Waals surface area (Å²) in [5, 5.41) is 11.7. The minimum absolute atomic E-state index is 0.0830. The molecule has 3 rings (SSSR count). The first-order valence-electron chi connectivity index (χ1n) is 10.4. The maximum absolute atomic E-state index is 13.2. The second-order valence-electron chi connectivity index (χ2n) is 7.73. The lowest BCUT2D eigenvalue weighted by atomic mass is 10.0. The highest BCUT2D eigenvalue weighted by Crippen LogP contribution is 2.38. The Bertz CT molecular complexity index is 1140. The predicted molar refractivity (Wildman–Crippen MR) is 122 cm³/mol. The van der Waals surface area contributed by atoms with E-state index in [2.05, 4.69) is 34.0 Å². The molecule has 2 aromatic heterocycles. The van der Waals surface area contributed by atoms with E-state index in [1.54, 1.807) is 0 Å². The van der Waals surface area contributed by atoms with Gasteiger partial charge in [-0.25, -0.2) is 17.9 Å². The summed E-state index contributed by atoms with van der Waals surface area (Å²) in [5.74, 6) is 0.346. The van der Waals surface area contributed by atoms with Crippen molar-refractivity contribution in [1.29, 1.82) is 0 Å². The number of nitrogens with zero attached hydrogens (tertiary/aromatic N) is 4. The topological polar surface area (TPSA) is 116 Å².